The zero-order valence-electron chi connectivity index (χ0n) is 11.6. The monoisotopic (exact) mass is 325 g/mol. The number of amides is 1. The number of sulfonamides is 1. The molecule has 1 fully saturated rings. The van der Waals surface area contributed by atoms with Crippen LogP contribution in [-0.4, -0.2) is 24.1 Å². The van der Waals surface area contributed by atoms with Crippen LogP contribution in [-0.2, 0) is 21.9 Å². The molecule has 1 amide bonds. The first-order valence-corrected chi connectivity index (χ1v) is 8.78. The highest BCUT2D eigenvalue weighted by Gasteiger charge is 2.45. The number of carbonyl (C=O) groups is 1. The summed E-state index contributed by atoms with van der Waals surface area (Å²) in [5.74, 6) is -0.654. The third-order valence-corrected chi connectivity index (χ3v) is 6.34. The Kier molecular flexibility index (Phi) is 3.37. The molecular formula is C13H15N3O3S2. The van der Waals surface area contributed by atoms with Crippen molar-refractivity contribution in [1.29, 1.82) is 0 Å². The predicted octanol–water partition coefficient (Wildman–Crippen LogP) is 1.40. The standard InChI is InChI=1S/C13H15N3O3S2/c1-8-3-4-12(20-8)21(18,19)15-13(17)11-5-10(11)9-6-14-16(2)7-9/h3-4,6-7,10-11H,5H2,1-2H3,(H,15,17)/t10-,11+/m0/s1. The van der Waals surface area contributed by atoms with E-state index < -0.39 is 15.9 Å². The second-order valence-corrected chi connectivity index (χ2v) is 8.43. The Hall–Kier alpha value is -1.67. The van der Waals surface area contributed by atoms with Crippen molar-refractivity contribution in [2.75, 3.05) is 0 Å². The fraction of sp³-hybridized carbons (Fsp3) is 0.385. The van der Waals surface area contributed by atoms with Crippen molar-refractivity contribution in [3.8, 4) is 0 Å². The van der Waals surface area contributed by atoms with Gasteiger partial charge in [-0.15, -0.1) is 11.3 Å². The van der Waals surface area contributed by atoms with Crippen molar-refractivity contribution in [3.05, 3.63) is 35.0 Å². The molecule has 0 unspecified atom stereocenters. The van der Waals surface area contributed by atoms with Gasteiger partial charge in [0.05, 0.1) is 6.20 Å². The van der Waals surface area contributed by atoms with Crippen LogP contribution in [0.25, 0.3) is 0 Å². The Balaban J connectivity index is 1.68. The Morgan fingerprint density at radius 1 is 1.48 bits per heavy atom. The molecule has 2 heterocycles. The first-order chi connectivity index (χ1) is 9.87. The predicted molar refractivity (Wildman–Crippen MR) is 78.4 cm³/mol. The highest BCUT2D eigenvalue weighted by Crippen LogP contribution is 2.47. The van der Waals surface area contributed by atoms with Gasteiger partial charge in [-0.1, -0.05) is 0 Å². The lowest BCUT2D eigenvalue weighted by Crippen LogP contribution is -2.31. The van der Waals surface area contributed by atoms with Crippen LogP contribution >= 0.6 is 11.3 Å². The number of hydrogen-bond acceptors (Lipinski definition) is 5. The summed E-state index contributed by atoms with van der Waals surface area (Å²) in [6.45, 7) is 1.82. The molecule has 6 nitrogen and oxygen atoms in total. The zero-order valence-corrected chi connectivity index (χ0v) is 13.2. The van der Waals surface area contributed by atoms with Gasteiger partial charge in [0.2, 0.25) is 5.91 Å². The van der Waals surface area contributed by atoms with Crippen LogP contribution in [0.4, 0.5) is 0 Å². The highest BCUT2D eigenvalue weighted by molar-refractivity contribution is 7.92. The minimum absolute atomic E-state index is 0.0685. The van der Waals surface area contributed by atoms with E-state index in [0.29, 0.717) is 6.42 Å². The summed E-state index contributed by atoms with van der Waals surface area (Å²) in [6, 6.07) is 3.24. The topological polar surface area (TPSA) is 81.1 Å². The van der Waals surface area contributed by atoms with E-state index in [4.69, 9.17) is 0 Å². The SMILES string of the molecule is Cc1ccc(S(=O)(=O)NC(=O)[C@@H]2C[C@H]2c2cnn(C)c2)s1. The fourth-order valence-electron chi connectivity index (χ4n) is 2.30. The number of hydrogen-bond donors (Lipinski definition) is 1. The lowest BCUT2D eigenvalue weighted by molar-refractivity contribution is -0.120. The molecule has 2 aromatic heterocycles. The molecule has 2 atom stereocenters. The number of carbonyl (C=O) groups excluding carboxylic acids is 1. The Bertz CT molecular complexity index is 791. The summed E-state index contributed by atoms with van der Waals surface area (Å²) in [5.41, 5.74) is 0.974. The molecule has 0 spiro atoms. The minimum Gasteiger partial charge on any atom is -0.276 e. The van der Waals surface area contributed by atoms with Gasteiger partial charge in [-0.25, -0.2) is 13.1 Å². The molecule has 0 aliphatic heterocycles. The quantitative estimate of drug-likeness (QED) is 0.921. The van der Waals surface area contributed by atoms with E-state index >= 15 is 0 Å². The summed E-state index contributed by atoms with van der Waals surface area (Å²) >= 11 is 1.15. The Morgan fingerprint density at radius 2 is 2.24 bits per heavy atom. The maximum atomic E-state index is 12.1. The third-order valence-electron chi connectivity index (χ3n) is 3.50. The molecule has 0 aromatic carbocycles. The van der Waals surface area contributed by atoms with Crippen molar-refractivity contribution in [2.45, 2.75) is 23.5 Å². The number of nitrogens with zero attached hydrogens (tertiary/aromatic N) is 2. The fourth-order valence-corrected chi connectivity index (χ4v) is 4.61. The smallest absolute Gasteiger partial charge is 0.273 e. The second-order valence-electron chi connectivity index (χ2n) is 5.23. The van der Waals surface area contributed by atoms with Crippen molar-refractivity contribution in [1.82, 2.24) is 14.5 Å². The van der Waals surface area contributed by atoms with Gasteiger partial charge in [0.25, 0.3) is 10.0 Å². The average molecular weight is 325 g/mol. The average Bonchev–Trinajstić information content (AvgIpc) is 2.89. The second kappa shape index (κ2) is 4.96. The molecule has 3 rings (SSSR count). The first-order valence-electron chi connectivity index (χ1n) is 6.48. The Morgan fingerprint density at radius 3 is 2.81 bits per heavy atom. The molecule has 112 valence electrons. The number of aryl methyl sites for hydroxylation is 2. The van der Waals surface area contributed by atoms with Crippen LogP contribution in [0, 0.1) is 12.8 Å². The van der Waals surface area contributed by atoms with Crippen molar-refractivity contribution < 1.29 is 13.2 Å². The molecule has 0 saturated heterocycles. The molecule has 1 N–H and O–H groups in total. The molecular weight excluding hydrogens is 310 g/mol. The zero-order chi connectivity index (χ0) is 15.2. The van der Waals surface area contributed by atoms with E-state index in [1.54, 1.807) is 16.9 Å². The van der Waals surface area contributed by atoms with Crippen LogP contribution < -0.4 is 4.72 Å². The van der Waals surface area contributed by atoms with E-state index in [1.165, 1.54) is 6.07 Å². The van der Waals surface area contributed by atoms with Gasteiger partial charge in [-0.05, 0) is 37.0 Å². The van der Waals surface area contributed by atoms with E-state index in [1.807, 2.05) is 20.2 Å². The Labute approximate surface area is 126 Å². The maximum absolute atomic E-state index is 12.1. The van der Waals surface area contributed by atoms with Crippen molar-refractivity contribution in [2.24, 2.45) is 13.0 Å². The van der Waals surface area contributed by atoms with E-state index in [0.717, 1.165) is 21.8 Å². The van der Waals surface area contributed by atoms with Crippen LogP contribution in [0.15, 0.2) is 28.7 Å². The van der Waals surface area contributed by atoms with Gasteiger partial charge >= 0.3 is 0 Å². The van der Waals surface area contributed by atoms with Gasteiger partial charge in [0, 0.05) is 24.0 Å². The third kappa shape index (κ3) is 2.86. The van der Waals surface area contributed by atoms with Gasteiger partial charge in [0.1, 0.15) is 4.21 Å². The van der Waals surface area contributed by atoms with Crippen LogP contribution in [0.3, 0.4) is 0 Å². The van der Waals surface area contributed by atoms with Crippen LogP contribution in [0.1, 0.15) is 22.8 Å². The van der Waals surface area contributed by atoms with Crippen LogP contribution in [0.2, 0.25) is 0 Å². The summed E-state index contributed by atoms with van der Waals surface area (Å²) in [6.07, 6.45) is 4.24. The molecule has 1 saturated carbocycles. The molecule has 1 aliphatic rings. The summed E-state index contributed by atoms with van der Waals surface area (Å²) in [7, 11) is -1.94. The number of nitrogens with one attached hydrogen (secondary N) is 1. The molecule has 2 aromatic rings. The van der Waals surface area contributed by atoms with Crippen molar-refractivity contribution in [3.63, 3.8) is 0 Å². The summed E-state index contributed by atoms with van der Waals surface area (Å²) < 4.78 is 28.2. The first kappa shape index (κ1) is 14.3. The molecule has 0 bridgehead atoms. The normalized spacial score (nSPS) is 21.2. The molecule has 0 radical (unpaired) electrons. The maximum Gasteiger partial charge on any atom is 0.273 e. The number of aromatic nitrogens is 2. The van der Waals surface area contributed by atoms with Crippen molar-refractivity contribution >= 4 is 27.3 Å². The number of thiophene rings is 1. The highest BCUT2D eigenvalue weighted by atomic mass is 32.2. The van der Waals surface area contributed by atoms with Gasteiger partial charge in [0.15, 0.2) is 0 Å². The van der Waals surface area contributed by atoms with Crippen LogP contribution in [0.5, 0.6) is 0 Å². The van der Waals surface area contributed by atoms with E-state index in [9.17, 15) is 13.2 Å². The van der Waals surface area contributed by atoms with Gasteiger partial charge < -0.3 is 0 Å². The van der Waals surface area contributed by atoms with E-state index in [-0.39, 0.29) is 16.0 Å². The summed E-state index contributed by atoms with van der Waals surface area (Å²) in [4.78, 5) is 13.0. The lowest BCUT2D eigenvalue weighted by atomic mass is 10.2. The minimum atomic E-state index is -3.75. The van der Waals surface area contributed by atoms with Gasteiger partial charge in [-0.2, -0.15) is 5.10 Å². The van der Waals surface area contributed by atoms with E-state index in [2.05, 4.69) is 9.82 Å². The molecule has 1 aliphatic carbocycles. The lowest BCUT2D eigenvalue weighted by Gasteiger charge is -2.04. The van der Waals surface area contributed by atoms with Gasteiger partial charge in [-0.3, -0.25) is 9.48 Å². The summed E-state index contributed by atoms with van der Waals surface area (Å²) in [5, 5.41) is 4.06. The number of rotatable bonds is 4. The molecule has 8 heteroatoms. The molecule has 21 heavy (non-hydrogen) atoms. The largest absolute Gasteiger partial charge is 0.276 e.